The highest BCUT2D eigenvalue weighted by Gasteiger charge is 2.23. The Morgan fingerprint density at radius 2 is 1.90 bits per heavy atom. The summed E-state index contributed by atoms with van der Waals surface area (Å²) in [5.41, 5.74) is 1.26. The van der Waals surface area contributed by atoms with Crippen LogP contribution in [0.15, 0.2) is 47.8 Å². The van der Waals surface area contributed by atoms with E-state index >= 15 is 0 Å². The number of hydrogen-bond acceptors (Lipinski definition) is 3. The number of amides is 1. The quantitative estimate of drug-likeness (QED) is 0.776. The lowest BCUT2D eigenvalue weighted by atomic mass is 10.2. The number of thioether (sulfide) groups is 1. The van der Waals surface area contributed by atoms with Crippen molar-refractivity contribution in [3.05, 3.63) is 58.3 Å². The van der Waals surface area contributed by atoms with Crippen molar-refractivity contribution in [2.45, 2.75) is 30.9 Å². The third kappa shape index (κ3) is 4.35. The molecule has 1 heterocycles. The molecule has 0 aliphatic carbocycles. The van der Waals surface area contributed by atoms with Crippen molar-refractivity contribution in [2.75, 3.05) is 7.05 Å². The van der Waals surface area contributed by atoms with E-state index in [4.69, 9.17) is 0 Å². The van der Waals surface area contributed by atoms with Gasteiger partial charge in [0, 0.05) is 17.7 Å². The number of carbonyl (C=O) groups is 1. The van der Waals surface area contributed by atoms with Gasteiger partial charge in [0.1, 0.15) is 0 Å². The topological polar surface area (TPSA) is 20.3 Å². The van der Waals surface area contributed by atoms with Gasteiger partial charge in [-0.3, -0.25) is 4.79 Å². The van der Waals surface area contributed by atoms with Gasteiger partial charge in [-0.15, -0.1) is 23.1 Å². The Hall–Kier alpha value is -1.26. The van der Waals surface area contributed by atoms with E-state index < -0.39 is 0 Å². The van der Waals surface area contributed by atoms with Crippen LogP contribution in [0.5, 0.6) is 0 Å². The second-order valence-corrected chi connectivity index (χ2v) is 7.39. The summed E-state index contributed by atoms with van der Waals surface area (Å²) in [6, 6.07) is 14.5. The molecule has 0 aliphatic heterocycles. The van der Waals surface area contributed by atoms with Crippen LogP contribution in [-0.4, -0.2) is 23.1 Å². The summed E-state index contributed by atoms with van der Waals surface area (Å²) in [7, 11) is 1.90. The molecule has 2 unspecified atom stereocenters. The van der Waals surface area contributed by atoms with Crippen molar-refractivity contribution >= 4 is 29.0 Å². The lowest BCUT2D eigenvalue weighted by molar-refractivity contribution is -0.130. The van der Waals surface area contributed by atoms with Crippen LogP contribution in [0, 0.1) is 0 Å². The predicted octanol–water partition coefficient (Wildman–Crippen LogP) is 4.59. The summed E-state index contributed by atoms with van der Waals surface area (Å²) >= 11 is 3.39. The highest BCUT2D eigenvalue weighted by atomic mass is 32.2. The Morgan fingerprint density at radius 1 is 1.19 bits per heavy atom. The van der Waals surface area contributed by atoms with Crippen molar-refractivity contribution in [1.29, 1.82) is 0 Å². The zero-order valence-corrected chi connectivity index (χ0v) is 14.3. The average molecular weight is 319 g/mol. The van der Waals surface area contributed by atoms with Gasteiger partial charge in [-0.25, -0.2) is 0 Å². The molecule has 2 aromatic rings. The standard InChI is InChI=1S/C17H21NOS2/c1-13(16-10-7-11-20-16)18(3)17(19)14(2)21-12-15-8-5-4-6-9-15/h4-11,13-14H,12H2,1-3H3. The molecule has 0 saturated carbocycles. The molecule has 0 fully saturated rings. The van der Waals surface area contributed by atoms with Crippen LogP contribution in [-0.2, 0) is 10.5 Å². The number of hydrogen-bond donors (Lipinski definition) is 0. The molecule has 0 N–H and O–H groups in total. The summed E-state index contributed by atoms with van der Waals surface area (Å²) in [6.07, 6.45) is 0. The Bertz CT molecular complexity index is 553. The van der Waals surface area contributed by atoms with Gasteiger partial charge in [0.05, 0.1) is 11.3 Å². The second-order valence-electron chi connectivity index (χ2n) is 5.08. The molecule has 0 saturated heterocycles. The minimum atomic E-state index is -0.0300. The maximum absolute atomic E-state index is 12.5. The first-order chi connectivity index (χ1) is 10.1. The number of thiophene rings is 1. The van der Waals surface area contributed by atoms with E-state index in [2.05, 4.69) is 30.5 Å². The normalized spacial score (nSPS) is 13.7. The van der Waals surface area contributed by atoms with Crippen LogP contribution in [0.1, 0.15) is 30.3 Å². The molecule has 0 aliphatic rings. The molecular formula is C17H21NOS2. The van der Waals surface area contributed by atoms with Gasteiger partial charge in [0.15, 0.2) is 0 Å². The highest BCUT2D eigenvalue weighted by Crippen LogP contribution is 2.26. The van der Waals surface area contributed by atoms with Crippen molar-refractivity contribution in [1.82, 2.24) is 4.90 Å². The molecule has 112 valence electrons. The van der Waals surface area contributed by atoms with Crippen molar-refractivity contribution in [3.8, 4) is 0 Å². The van der Waals surface area contributed by atoms with E-state index in [0.717, 1.165) is 5.75 Å². The van der Waals surface area contributed by atoms with Gasteiger partial charge in [-0.05, 0) is 30.9 Å². The fraction of sp³-hybridized carbons (Fsp3) is 0.353. The summed E-state index contributed by atoms with van der Waals surface area (Å²) in [6.45, 7) is 4.08. The smallest absolute Gasteiger partial charge is 0.235 e. The van der Waals surface area contributed by atoms with Gasteiger partial charge in [-0.1, -0.05) is 36.4 Å². The second kappa shape index (κ2) is 7.66. The third-order valence-corrected chi connectivity index (χ3v) is 5.82. The highest BCUT2D eigenvalue weighted by molar-refractivity contribution is 7.99. The molecule has 2 rings (SSSR count). The van der Waals surface area contributed by atoms with Gasteiger partial charge >= 0.3 is 0 Å². The summed E-state index contributed by atoms with van der Waals surface area (Å²) in [5, 5.41) is 2.02. The monoisotopic (exact) mass is 319 g/mol. The minimum absolute atomic E-state index is 0.0300. The van der Waals surface area contributed by atoms with Crippen molar-refractivity contribution in [2.24, 2.45) is 0 Å². The molecule has 2 nitrogen and oxygen atoms in total. The molecule has 0 spiro atoms. The zero-order chi connectivity index (χ0) is 15.2. The lowest BCUT2D eigenvalue weighted by Gasteiger charge is -2.26. The number of carbonyl (C=O) groups excluding carboxylic acids is 1. The first-order valence-electron chi connectivity index (χ1n) is 7.05. The molecule has 0 radical (unpaired) electrons. The number of nitrogens with zero attached hydrogens (tertiary/aromatic N) is 1. The van der Waals surface area contributed by atoms with Gasteiger partial charge in [0.25, 0.3) is 0 Å². The van der Waals surface area contributed by atoms with Gasteiger partial charge < -0.3 is 4.90 Å². The van der Waals surface area contributed by atoms with Crippen LogP contribution in [0.2, 0.25) is 0 Å². The largest absolute Gasteiger partial charge is 0.337 e. The molecule has 4 heteroatoms. The van der Waals surface area contributed by atoms with Crippen molar-refractivity contribution < 1.29 is 4.79 Å². The zero-order valence-electron chi connectivity index (χ0n) is 12.7. The summed E-state index contributed by atoms with van der Waals surface area (Å²) < 4.78 is 0. The average Bonchev–Trinajstić information content (AvgIpc) is 3.05. The van der Waals surface area contributed by atoms with Crippen LogP contribution in [0.25, 0.3) is 0 Å². The van der Waals surface area contributed by atoms with Crippen LogP contribution >= 0.6 is 23.1 Å². The van der Waals surface area contributed by atoms with E-state index in [1.54, 1.807) is 23.1 Å². The Kier molecular flexibility index (Phi) is 5.88. The molecule has 21 heavy (non-hydrogen) atoms. The van der Waals surface area contributed by atoms with Gasteiger partial charge in [-0.2, -0.15) is 0 Å². The first kappa shape index (κ1) is 16.1. The Morgan fingerprint density at radius 3 is 2.52 bits per heavy atom. The number of rotatable bonds is 6. The Labute approximate surface area is 135 Å². The predicted molar refractivity (Wildman–Crippen MR) is 92.7 cm³/mol. The lowest BCUT2D eigenvalue weighted by Crippen LogP contribution is -2.35. The Balaban J connectivity index is 1.89. The van der Waals surface area contributed by atoms with Crippen LogP contribution in [0.3, 0.4) is 0 Å². The van der Waals surface area contributed by atoms with Crippen LogP contribution < -0.4 is 0 Å². The summed E-state index contributed by atoms with van der Waals surface area (Å²) in [5.74, 6) is 1.06. The van der Waals surface area contributed by atoms with E-state index in [-0.39, 0.29) is 17.2 Å². The molecule has 0 bridgehead atoms. The molecular weight excluding hydrogens is 298 g/mol. The maximum atomic E-state index is 12.5. The fourth-order valence-electron chi connectivity index (χ4n) is 2.06. The molecule has 1 aromatic heterocycles. The van der Waals surface area contributed by atoms with E-state index in [9.17, 15) is 4.79 Å². The van der Waals surface area contributed by atoms with E-state index in [1.807, 2.05) is 43.1 Å². The van der Waals surface area contributed by atoms with Gasteiger partial charge in [0.2, 0.25) is 5.91 Å². The molecule has 1 aromatic carbocycles. The van der Waals surface area contributed by atoms with E-state index in [1.165, 1.54) is 10.4 Å². The van der Waals surface area contributed by atoms with Crippen LogP contribution in [0.4, 0.5) is 0 Å². The third-order valence-electron chi connectivity index (χ3n) is 3.57. The molecule has 1 amide bonds. The number of benzene rings is 1. The summed E-state index contributed by atoms with van der Waals surface area (Å²) in [4.78, 5) is 15.6. The van der Waals surface area contributed by atoms with E-state index in [0.29, 0.717) is 0 Å². The first-order valence-corrected chi connectivity index (χ1v) is 8.98. The molecule has 2 atom stereocenters. The van der Waals surface area contributed by atoms with Crippen molar-refractivity contribution in [3.63, 3.8) is 0 Å². The minimum Gasteiger partial charge on any atom is -0.337 e. The SMILES string of the molecule is CC(SCc1ccccc1)C(=O)N(C)C(C)c1cccs1. The fourth-order valence-corrected chi connectivity index (χ4v) is 3.83. The maximum Gasteiger partial charge on any atom is 0.235 e.